The fourth-order valence-electron chi connectivity index (χ4n) is 3.47. The number of benzene rings is 3. The normalized spacial score (nSPS) is 11.5. The molecule has 0 fully saturated rings. The van der Waals surface area contributed by atoms with Crippen LogP contribution in [-0.2, 0) is 18.5 Å². The number of rotatable bonds is 7. The second-order valence-corrected chi connectivity index (χ2v) is 9.01. The number of carbonyl (C=O) groups excluding carboxylic acids is 1. The second-order valence-electron chi connectivity index (χ2n) is 8.07. The maximum absolute atomic E-state index is 12.9. The van der Waals surface area contributed by atoms with Gasteiger partial charge < -0.3 is 5.32 Å². The van der Waals surface area contributed by atoms with Gasteiger partial charge in [-0.25, -0.2) is 0 Å². The number of amides is 1. The minimum absolute atomic E-state index is 0.00831. The Kier molecular flexibility index (Phi) is 7.25. The van der Waals surface area contributed by atoms with Crippen LogP contribution in [0.3, 0.4) is 0 Å². The summed E-state index contributed by atoms with van der Waals surface area (Å²) in [6, 6.07) is 20.2. The Morgan fingerprint density at radius 2 is 1.66 bits per heavy atom. The summed E-state index contributed by atoms with van der Waals surface area (Å²) in [6.07, 6.45) is -4.42. The molecule has 180 valence electrons. The van der Waals surface area contributed by atoms with Crippen molar-refractivity contribution in [2.24, 2.45) is 0 Å². The van der Waals surface area contributed by atoms with Gasteiger partial charge in [-0.2, -0.15) is 13.2 Å². The van der Waals surface area contributed by atoms with Gasteiger partial charge in [0, 0.05) is 23.5 Å². The van der Waals surface area contributed by atoms with E-state index in [0.717, 1.165) is 34.4 Å². The van der Waals surface area contributed by atoms with Crippen molar-refractivity contribution < 1.29 is 18.0 Å². The molecule has 1 aromatic heterocycles. The summed E-state index contributed by atoms with van der Waals surface area (Å²) in [6.45, 7) is 3.95. The molecule has 0 saturated heterocycles. The van der Waals surface area contributed by atoms with Gasteiger partial charge in [-0.15, -0.1) is 10.2 Å². The van der Waals surface area contributed by atoms with Crippen LogP contribution in [0.2, 0.25) is 0 Å². The van der Waals surface area contributed by atoms with Crippen LogP contribution >= 0.6 is 11.8 Å². The first kappa shape index (κ1) is 24.5. The molecule has 1 heterocycles. The molecule has 35 heavy (non-hydrogen) atoms. The van der Waals surface area contributed by atoms with E-state index >= 15 is 0 Å². The minimum Gasteiger partial charge on any atom is -0.348 e. The smallest absolute Gasteiger partial charge is 0.348 e. The van der Waals surface area contributed by atoms with Crippen molar-refractivity contribution in [1.29, 1.82) is 0 Å². The van der Waals surface area contributed by atoms with E-state index in [1.54, 1.807) is 30.0 Å². The minimum atomic E-state index is -4.42. The van der Waals surface area contributed by atoms with Crippen molar-refractivity contribution in [3.63, 3.8) is 0 Å². The highest BCUT2D eigenvalue weighted by Gasteiger charge is 2.30. The number of nitrogens with one attached hydrogen (secondary N) is 1. The fourth-order valence-corrected chi connectivity index (χ4v) is 4.42. The lowest BCUT2D eigenvalue weighted by Crippen LogP contribution is -2.23. The fraction of sp³-hybridized carbons (Fsp3) is 0.192. The molecule has 0 bridgehead atoms. The van der Waals surface area contributed by atoms with Crippen molar-refractivity contribution >= 4 is 17.7 Å². The summed E-state index contributed by atoms with van der Waals surface area (Å²) in [5, 5.41) is 11.9. The lowest BCUT2D eigenvalue weighted by atomic mass is 10.1. The van der Waals surface area contributed by atoms with Gasteiger partial charge in [0.1, 0.15) is 5.82 Å². The van der Waals surface area contributed by atoms with Crippen molar-refractivity contribution in [2.45, 2.75) is 37.5 Å². The Morgan fingerprint density at radius 3 is 2.34 bits per heavy atom. The number of halogens is 3. The Labute approximate surface area is 205 Å². The zero-order valence-electron chi connectivity index (χ0n) is 19.1. The molecule has 0 aliphatic rings. The molecule has 0 unspecified atom stereocenters. The number of nitrogens with zero attached hydrogens (tertiary/aromatic N) is 3. The van der Waals surface area contributed by atoms with Crippen LogP contribution in [0.15, 0.2) is 78.0 Å². The molecule has 1 amide bonds. The summed E-state index contributed by atoms with van der Waals surface area (Å²) >= 11 is 1.54. The Bertz CT molecular complexity index is 1320. The van der Waals surface area contributed by atoms with Crippen LogP contribution in [0.5, 0.6) is 0 Å². The highest BCUT2D eigenvalue weighted by Crippen LogP contribution is 2.29. The molecule has 0 aliphatic carbocycles. The molecule has 0 radical (unpaired) electrons. The first-order valence-corrected chi connectivity index (χ1v) is 11.8. The quantitative estimate of drug-likeness (QED) is 0.313. The van der Waals surface area contributed by atoms with Crippen molar-refractivity contribution in [3.05, 3.63) is 106 Å². The van der Waals surface area contributed by atoms with Gasteiger partial charge in [0.05, 0.1) is 5.56 Å². The number of aryl methyl sites for hydroxylation is 2. The molecule has 4 rings (SSSR count). The maximum Gasteiger partial charge on any atom is 0.416 e. The maximum atomic E-state index is 12.9. The average Bonchev–Trinajstić information content (AvgIpc) is 3.22. The number of aromatic nitrogens is 3. The lowest BCUT2D eigenvalue weighted by molar-refractivity contribution is -0.137. The zero-order chi connectivity index (χ0) is 25.0. The predicted octanol–water partition coefficient (Wildman–Crippen LogP) is 6.13. The second kappa shape index (κ2) is 10.4. The zero-order valence-corrected chi connectivity index (χ0v) is 20.0. The summed E-state index contributed by atoms with van der Waals surface area (Å²) in [5.41, 5.74) is 3.25. The van der Waals surface area contributed by atoms with Crippen LogP contribution in [0, 0.1) is 13.8 Å². The lowest BCUT2D eigenvalue weighted by Gasteiger charge is -2.10. The number of thioether (sulfide) groups is 1. The van der Waals surface area contributed by atoms with Crippen LogP contribution in [0.1, 0.15) is 38.4 Å². The molecule has 4 aromatic rings. The molecular formula is C26H23F3N4OS. The molecular weight excluding hydrogens is 473 g/mol. The van der Waals surface area contributed by atoms with Crippen LogP contribution in [-0.4, -0.2) is 20.7 Å². The third kappa shape index (κ3) is 6.10. The molecule has 0 spiro atoms. The van der Waals surface area contributed by atoms with E-state index in [4.69, 9.17) is 0 Å². The van der Waals surface area contributed by atoms with Crippen LogP contribution < -0.4 is 5.32 Å². The molecule has 0 aliphatic heterocycles. The molecule has 3 aromatic carbocycles. The van der Waals surface area contributed by atoms with E-state index in [1.807, 2.05) is 54.8 Å². The molecule has 1 N–H and O–H groups in total. The monoisotopic (exact) mass is 496 g/mol. The van der Waals surface area contributed by atoms with E-state index in [-0.39, 0.29) is 12.5 Å². The number of carbonyl (C=O) groups is 1. The van der Waals surface area contributed by atoms with Gasteiger partial charge in [-0.3, -0.25) is 9.36 Å². The highest BCUT2D eigenvalue weighted by molar-refractivity contribution is 7.98. The molecule has 0 atom stereocenters. The summed E-state index contributed by atoms with van der Waals surface area (Å²) < 4.78 is 40.6. The standard InChI is InChI=1S/C26H23F3N4OS/c1-17-6-12-23(13-7-17)33-18(2)31-32-25(33)35-16-19-8-10-21(11-9-19)24(34)30-15-20-4-3-5-22(14-20)26(27,28)29/h3-14H,15-16H2,1-2H3,(H,30,34). The van der Waals surface area contributed by atoms with Crippen molar-refractivity contribution in [2.75, 3.05) is 0 Å². The number of hydrogen-bond acceptors (Lipinski definition) is 4. The van der Waals surface area contributed by atoms with E-state index in [9.17, 15) is 18.0 Å². The predicted molar refractivity (Wildman–Crippen MR) is 129 cm³/mol. The SMILES string of the molecule is Cc1ccc(-n2c(C)nnc2SCc2ccc(C(=O)NCc3cccc(C(F)(F)F)c3)cc2)cc1. The third-order valence-corrected chi connectivity index (χ3v) is 6.38. The molecule has 9 heteroatoms. The van der Waals surface area contributed by atoms with Gasteiger partial charge in [0.15, 0.2) is 5.16 Å². The Balaban J connectivity index is 1.36. The van der Waals surface area contributed by atoms with Gasteiger partial charge in [0.2, 0.25) is 0 Å². The molecule has 0 saturated carbocycles. The number of hydrogen-bond donors (Lipinski definition) is 1. The van der Waals surface area contributed by atoms with E-state index in [2.05, 4.69) is 15.5 Å². The summed E-state index contributed by atoms with van der Waals surface area (Å²) in [4.78, 5) is 12.5. The van der Waals surface area contributed by atoms with Crippen LogP contribution in [0.4, 0.5) is 13.2 Å². The average molecular weight is 497 g/mol. The van der Waals surface area contributed by atoms with Gasteiger partial charge in [-0.05, 0) is 61.4 Å². The van der Waals surface area contributed by atoms with Crippen LogP contribution in [0.25, 0.3) is 5.69 Å². The topological polar surface area (TPSA) is 59.8 Å². The molecule has 5 nitrogen and oxygen atoms in total. The highest BCUT2D eigenvalue weighted by atomic mass is 32.2. The Hall–Kier alpha value is -3.59. The van der Waals surface area contributed by atoms with Gasteiger partial charge in [0.25, 0.3) is 5.91 Å². The number of alkyl halides is 3. The van der Waals surface area contributed by atoms with E-state index in [0.29, 0.717) is 16.9 Å². The van der Waals surface area contributed by atoms with E-state index in [1.165, 1.54) is 11.6 Å². The van der Waals surface area contributed by atoms with Crippen molar-refractivity contribution in [1.82, 2.24) is 20.1 Å². The van der Waals surface area contributed by atoms with Gasteiger partial charge in [-0.1, -0.05) is 53.7 Å². The summed E-state index contributed by atoms with van der Waals surface area (Å²) in [5.74, 6) is 1.08. The Morgan fingerprint density at radius 1 is 0.943 bits per heavy atom. The van der Waals surface area contributed by atoms with E-state index < -0.39 is 11.7 Å². The first-order chi connectivity index (χ1) is 16.7. The largest absolute Gasteiger partial charge is 0.416 e. The third-order valence-electron chi connectivity index (χ3n) is 5.38. The van der Waals surface area contributed by atoms with Crippen molar-refractivity contribution in [3.8, 4) is 5.69 Å². The summed E-state index contributed by atoms with van der Waals surface area (Å²) in [7, 11) is 0. The first-order valence-electron chi connectivity index (χ1n) is 10.9. The van der Waals surface area contributed by atoms with Gasteiger partial charge >= 0.3 is 6.18 Å².